The van der Waals surface area contributed by atoms with Crippen LogP contribution < -0.4 is 0 Å². The van der Waals surface area contributed by atoms with Gasteiger partial charge in [0.15, 0.2) is 0 Å². The highest BCUT2D eigenvalue weighted by Gasteiger charge is 2.13. The monoisotopic (exact) mass is 419 g/mol. The molecule has 0 radical (unpaired) electrons. The molecule has 0 saturated carbocycles. The van der Waals surface area contributed by atoms with Crippen molar-refractivity contribution in [1.82, 2.24) is 4.57 Å². The zero-order valence-electron chi connectivity index (χ0n) is 17.3. The van der Waals surface area contributed by atoms with Crippen LogP contribution in [-0.4, -0.2) is 10.8 Å². The Labute approximate surface area is 183 Å². The van der Waals surface area contributed by atoms with Crippen LogP contribution in [0.15, 0.2) is 78.6 Å². The molecule has 29 heavy (non-hydrogen) atoms. The zero-order valence-corrected chi connectivity index (χ0v) is 18.9. The van der Waals surface area contributed by atoms with Crippen molar-refractivity contribution < 1.29 is 0 Å². The third kappa shape index (κ3) is 5.15. The fourth-order valence-corrected chi connectivity index (χ4v) is 5.91. The van der Waals surface area contributed by atoms with Gasteiger partial charge in [-0.25, -0.2) is 0 Å². The van der Waals surface area contributed by atoms with Crippen molar-refractivity contribution in [3.8, 4) is 10.4 Å². The van der Waals surface area contributed by atoms with E-state index in [2.05, 4.69) is 90.8 Å². The molecule has 1 aliphatic rings. The van der Waals surface area contributed by atoms with Crippen LogP contribution in [0.3, 0.4) is 0 Å². The molecule has 1 atom stereocenters. The van der Waals surface area contributed by atoms with Crippen molar-refractivity contribution in [3.63, 3.8) is 0 Å². The van der Waals surface area contributed by atoms with E-state index in [4.69, 9.17) is 0 Å². The van der Waals surface area contributed by atoms with Gasteiger partial charge in [-0.05, 0) is 79.3 Å². The summed E-state index contributed by atoms with van der Waals surface area (Å²) in [5.74, 6) is 1.75. The van der Waals surface area contributed by atoms with E-state index in [-0.39, 0.29) is 0 Å². The molecule has 0 fully saturated rings. The Hall–Kier alpha value is -1.97. The summed E-state index contributed by atoms with van der Waals surface area (Å²) >= 11 is 3.86. The van der Waals surface area contributed by atoms with Gasteiger partial charge in [0.1, 0.15) is 0 Å². The van der Waals surface area contributed by atoms with Gasteiger partial charge in [-0.15, -0.1) is 11.3 Å². The van der Waals surface area contributed by atoms with Gasteiger partial charge in [0.2, 0.25) is 0 Å². The lowest BCUT2D eigenvalue weighted by atomic mass is 9.91. The maximum absolute atomic E-state index is 2.40. The van der Waals surface area contributed by atoms with Crippen molar-refractivity contribution in [3.05, 3.63) is 89.1 Å². The minimum atomic E-state index is 0.677. The van der Waals surface area contributed by atoms with Gasteiger partial charge in [0, 0.05) is 33.6 Å². The van der Waals surface area contributed by atoms with Gasteiger partial charge in [-0.1, -0.05) is 42.8 Å². The molecule has 2 aromatic heterocycles. The highest BCUT2D eigenvalue weighted by molar-refractivity contribution is 7.97. The molecule has 0 spiro atoms. The summed E-state index contributed by atoms with van der Waals surface area (Å²) in [5, 5.41) is 0. The first-order valence-corrected chi connectivity index (χ1v) is 12.6. The Morgan fingerprint density at radius 2 is 1.79 bits per heavy atom. The van der Waals surface area contributed by atoms with E-state index in [1.807, 2.05) is 23.1 Å². The Kier molecular flexibility index (Phi) is 6.78. The van der Waals surface area contributed by atoms with Crippen LogP contribution in [0.1, 0.15) is 36.6 Å². The van der Waals surface area contributed by atoms with Gasteiger partial charge in [-0.2, -0.15) is 11.8 Å². The predicted molar refractivity (Wildman–Crippen MR) is 130 cm³/mol. The van der Waals surface area contributed by atoms with E-state index in [0.29, 0.717) is 5.92 Å². The molecular weight excluding hydrogens is 390 g/mol. The van der Waals surface area contributed by atoms with E-state index in [0.717, 1.165) is 12.2 Å². The second-order valence-corrected chi connectivity index (χ2v) is 9.98. The molecule has 4 rings (SSSR count). The van der Waals surface area contributed by atoms with Crippen molar-refractivity contribution in [2.75, 3.05) is 6.26 Å². The molecule has 1 aliphatic carbocycles. The second-order valence-electron chi connectivity index (χ2n) is 7.94. The first-order chi connectivity index (χ1) is 14.2. The lowest BCUT2D eigenvalue weighted by Gasteiger charge is -2.18. The summed E-state index contributed by atoms with van der Waals surface area (Å²) < 4.78 is 2.23. The molecule has 1 nitrogen and oxygen atoms in total. The van der Waals surface area contributed by atoms with Crippen molar-refractivity contribution >= 4 is 28.8 Å². The molecule has 0 aliphatic heterocycles. The largest absolute Gasteiger partial charge is 0.328 e. The number of allylic oxidation sites excluding steroid dienone is 4. The first-order valence-electron chi connectivity index (χ1n) is 10.4. The molecule has 3 aromatic rings. The van der Waals surface area contributed by atoms with Gasteiger partial charge in [0.25, 0.3) is 0 Å². The van der Waals surface area contributed by atoms with Crippen LogP contribution >= 0.6 is 23.1 Å². The maximum atomic E-state index is 2.40. The number of thioether (sulfide) groups is 1. The number of hydrogen-bond donors (Lipinski definition) is 0. The zero-order chi connectivity index (χ0) is 20.1. The number of nitrogens with zero attached hydrogens (tertiary/aromatic N) is 1. The number of aromatic nitrogens is 1. The number of thiophene rings is 1. The smallest absolute Gasteiger partial charge is 0.0348 e. The molecular formula is C26H29NS2. The topological polar surface area (TPSA) is 4.93 Å². The maximum Gasteiger partial charge on any atom is 0.0348 e. The summed E-state index contributed by atoms with van der Waals surface area (Å²) in [6.07, 6.45) is 15.8. The van der Waals surface area contributed by atoms with Crippen molar-refractivity contribution in [1.29, 1.82) is 0 Å². The Balaban J connectivity index is 1.38. The third-order valence-corrected chi connectivity index (χ3v) is 7.29. The van der Waals surface area contributed by atoms with Crippen LogP contribution in [0, 0.1) is 5.92 Å². The minimum absolute atomic E-state index is 0.677. The van der Waals surface area contributed by atoms with E-state index in [1.165, 1.54) is 45.8 Å². The highest BCUT2D eigenvalue weighted by atomic mass is 32.2. The summed E-state index contributed by atoms with van der Waals surface area (Å²) in [7, 11) is 0. The standard InChI is InChI=1S/C26H29NS2/c1-20(17-21-9-11-23(12-10-21)27-15-5-6-16-27)18-24-13-14-26(29-24)25-8-4-3-7-22(25)19-28-2/h3-9,11,13-16,20H,10,12,17-19H2,1-2H3. The van der Waals surface area contributed by atoms with Crippen molar-refractivity contribution in [2.24, 2.45) is 5.92 Å². The summed E-state index contributed by atoms with van der Waals surface area (Å²) in [4.78, 5) is 2.92. The van der Waals surface area contributed by atoms with Gasteiger partial charge in [0.05, 0.1) is 0 Å². The SMILES string of the molecule is CSCc1ccccc1-c1ccc(CC(C)CC2=CC=C(n3cccc3)CC2)s1. The van der Waals surface area contributed by atoms with E-state index in [1.54, 1.807) is 5.57 Å². The summed E-state index contributed by atoms with van der Waals surface area (Å²) in [6, 6.07) is 17.7. The Morgan fingerprint density at radius 3 is 2.55 bits per heavy atom. The van der Waals surface area contributed by atoms with E-state index < -0.39 is 0 Å². The van der Waals surface area contributed by atoms with E-state index in [9.17, 15) is 0 Å². The first kappa shape index (κ1) is 20.3. The van der Waals surface area contributed by atoms with Crippen LogP contribution in [0.4, 0.5) is 0 Å². The lowest BCUT2D eigenvalue weighted by molar-refractivity contribution is 0.566. The van der Waals surface area contributed by atoms with Gasteiger partial charge < -0.3 is 4.57 Å². The molecule has 1 aromatic carbocycles. The summed E-state index contributed by atoms with van der Waals surface area (Å²) in [5.41, 5.74) is 5.84. The second kappa shape index (κ2) is 9.69. The normalized spacial score (nSPS) is 15.1. The third-order valence-electron chi connectivity index (χ3n) is 5.55. The summed E-state index contributed by atoms with van der Waals surface area (Å²) in [6.45, 7) is 2.40. The lowest BCUT2D eigenvalue weighted by Crippen LogP contribution is -2.04. The fraction of sp³-hybridized carbons (Fsp3) is 0.308. The molecule has 150 valence electrons. The quantitative estimate of drug-likeness (QED) is 0.359. The van der Waals surface area contributed by atoms with Crippen LogP contribution in [-0.2, 0) is 12.2 Å². The van der Waals surface area contributed by atoms with Crippen LogP contribution in [0.5, 0.6) is 0 Å². The highest BCUT2D eigenvalue weighted by Crippen LogP contribution is 2.34. The Bertz CT molecular complexity index is 991. The van der Waals surface area contributed by atoms with Crippen LogP contribution in [0.2, 0.25) is 0 Å². The van der Waals surface area contributed by atoms with E-state index >= 15 is 0 Å². The fourth-order valence-electron chi connectivity index (χ4n) is 4.12. The molecule has 3 heteroatoms. The average Bonchev–Trinajstić information content (AvgIpc) is 3.42. The predicted octanol–water partition coefficient (Wildman–Crippen LogP) is 7.91. The van der Waals surface area contributed by atoms with Gasteiger partial charge in [-0.3, -0.25) is 0 Å². The average molecular weight is 420 g/mol. The van der Waals surface area contributed by atoms with Gasteiger partial charge >= 0.3 is 0 Å². The van der Waals surface area contributed by atoms with Crippen LogP contribution in [0.25, 0.3) is 16.1 Å². The number of benzene rings is 1. The molecule has 0 amide bonds. The number of rotatable bonds is 8. The molecule has 0 N–H and O–H groups in total. The molecule has 1 unspecified atom stereocenters. The minimum Gasteiger partial charge on any atom is -0.328 e. The molecule has 2 heterocycles. The number of hydrogen-bond acceptors (Lipinski definition) is 2. The molecule has 0 saturated heterocycles. The van der Waals surface area contributed by atoms with Crippen molar-refractivity contribution in [2.45, 2.75) is 38.4 Å². The molecule has 0 bridgehead atoms. The Morgan fingerprint density at radius 1 is 0.966 bits per heavy atom.